The van der Waals surface area contributed by atoms with E-state index < -0.39 is 17.7 Å². The molecule has 0 aliphatic rings. The molecule has 0 fully saturated rings. The van der Waals surface area contributed by atoms with Gasteiger partial charge < -0.3 is 17.2 Å². The molecule has 0 atom stereocenters. The molecule has 0 spiro atoms. The lowest BCUT2D eigenvalue weighted by Crippen LogP contribution is -2.17. The molecule has 0 unspecified atom stereocenters. The number of carbonyl (C=O) groups excluding carboxylic acids is 3. The number of nitrogens with zero attached hydrogens (tertiary/aromatic N) is 8. The quantitative estimate of drug-likeness (QED) is 0.108. The van der Waals surface area contributed by atoms with Crippen molar-refractivity contribution >= 4 is 52.5 Å². The Balaban J connectivity index is 0.000000162. The fourth-order valence-electron chi connectivity index (χ4n) is 7.16. The summed E-state index contributed by atoms with van der Waals surface area (Å²) in [5.74, 6) is 16.6. The van der Waals surface area contributed by atoms with Crippen molar-refractivity contribution in [2.45, 2.75) is 34.6 Å². The van der Waals surface area contributed by atoms with Crippen LogP contribution in [0.4, 0.5) is 0 Å². The van der Waals surface area contributed by atoms with Crippen molar-refractivity contribution in [1.29, 1.82) is 0 Å². The average Bonchev–Trinajstić information content (AvgIpc) is 4.03. The first-order chi connectivity index (χ1) is 35.5. The Bertz CT molecular complexity index is 3590. The Morgan fingerprint density at radius 3 is 1.07 bits per heavy atom. The van der Waals surface area contributed by atoms with Crippen molar-refractivity contribution in [3.63, 3.8) is 0 Å². The summed E-state index contributed by atoms with van der Waals surface area (Å²) in [6.45, 7) is 9.56. The van der Waals surface area contributed by atoms with Gasteiger partial charge in [-0.05, 0) is 137 Å². The van der Waals surface area contributed by atoms with Gasteiger partial charge in [-0.25, -0.2) is 24.9 Å². The highest BCUT2D eigenvalue weighted by molar-refractivity contribution is 6.30. The first kappa shape index (κ1) is 52.6. The van der Waals surface area contributed by atoms with Crippen molar-refractivity contribution in [2.24, 2.45) is 17.2 Å². The number of primary amides is 3. The van der Waals surface area contributed by atoms with Crippen molar-refractivity contribution in [3.05, 3.63) is 235 Å². The largest absolute Gasteiger partial charge is 0.363 e. The molecule has 0 saturated heterocycles. The predicted molar refractivity (Wildman–Crippen MR) is 288 cm³/mol. The molecule has 3 amide bonds. The third-order valence-electron chi connectivity index (χ3n) is 10.9. The monoisotopic (exact) mass is 1040 g/mol. The van der Waals surface area contributed by atoms with Crippen LogP contribution < -0.4 is 17.2 Å². The maximum atomic E-state index is 11.8. The first-order valence-corrected chi connectivity index (χ1v) is 23.5. The van der Waals surface area contributed by atoms with Crippen LogP contribution in [0.2, 0.25) is 15.3 Å². The number of aryl methyl sites for hydroxylation is 2. The number of carbonyl (C=O) groups is 3. The zero-order valence-electron chi connectivity index (χ0n) is 40.4. The standard InChI is InChI=1S/C20H17N3O.C19H15ClN4O.C18H12Cl2N4O/c1-14-8-11-17(12-9-14)23-15(2)18(22-20(23)19(21)24)13-10-16-6-4-3-5-7-16;1-12-3-6-15(7-4-12)24-13(2)16(23-19(24)18(21)25)8-5-14-9-10-22-17(20)11-14;1-11-15(7-2-12-8-9-22-16(20)10-12)23-18(17(21)25)24(11)14-5-3-13(19)4-6-14/h3-9,11-12H,1-2H3,(H2,21,24);3-4,6-7,9-11H,1-2H3,(H2,21,25);3-6,8-10H,1H3,(H2,21,25). The molecule has 0 radical (unpaired) electrons. The summed E-state index contributed by atoms with van der Waals surface area (Å²) in [6, 6.07) is 39.0. The summed E-state index contributed by atoms with van der Waals surface area (Å²) < 4.78 is 5.12. The van der Waals surface area contributed by atoms with Gasteiger partial charge in [-0.2, -0.15) is 0 Å². The van der Waals surface area contributed by atoms with E-state index in [-0.39, 0.29) is 17.5 Å². The number of pyridine rings is 2. The molecular formula is C57H44Cl3N11O3. The fraction of sp³-hybridized carbons (Fsp3) is 0.0877. The van der Waals surface area contributed by atoms with Crippen LogP contribution in [0.5, 0.6) is 0 Å². The molecular weight excluding hydrogens is 993 g/mol. The molecule has 9 aromatic rings. The summed E-state index contributed by atoms with van der Waals surface area (Å²) in [5.41, 5.74) is 27.1. The van der Waals surface area contributed by atoms with Gasteiger partial charge in [0, 0.05) is 51.2 Å². The minimum absolute atomic E-state index is 0.108. The number of aromatic nitrogens is 8. The molecule has 9 rings (SSSR count). The van der Waals surface area contributed by atoms with Crippen molar-refractivity contribution in [3.8, 4) is 52.6 Å². The van der Waals surface area contributed by atoms with E-state index in [4.69, 9.17) is 52.0 Å². The second-order valence-corrected chi connectivity index (χ2v) is 17.4. The van der Waals surface area contributed by atoms with Crippen LogP contribution in [0.15, 0.2) is 140 Å². The number of rotatable bonds is 6. The summed E-state index contributed by atoms with van der Waals surface area (Å²) in [7, 11) is 0. The Kier molecular flexibility index (Phi) is 16.9. The van der Waals surface area contributed by atoms with Crippen LogP contribution in [-0.4, -0.2) is 56.3 Å². The number of benzene rings is 4. The van der Waals surface area contributed by atoms with Gasteiger partial charge in [0.15, 0.2) is 0 Å². The van der Waals surface area contributed by atoms with Crippen molar-refractivity contribution in [1.82, 2.24) is 38.6 Å². The van der Waals surface area contributed by atoms with E-state index in [0.717, 1.165) is 45.1 Å². The van der Waals surface area contributed by atoms with Gasteiger partial charge in [-0.3, -0.25) is 28.1 Å². The fourth-order valence-corrected chi connectivity index (χ4v) is 7.63. The number of hydrogen-bond acceptors (Lipinski definition) is 8. The van der Waals surface area contributed by atoms with Crippen molar-refractivity contribution in [2.75, 3.05) is 0 Å². The number of hydrogen-bond donors (Lipinski definition) is 3. The van der Waals surface area contributed by atoms with Gasteiger partial charge in [-0.1, -0.05) is 106 Å². The molecule has 0 bridgehead atoms. The number of imidazole rings is 3. The van der Waals surface area contributed by atoms with Gasteiger partial charge in [0.25, 0.3) is 17.7 Å². The lowest BCUT2D eigenvalue weighted by atomic mass is 10.2. The van der Waals surface area contributed by atoms with Gasteiger partial charge in [0.05, 0.1) is 17.1 Å². The molecule has 4 aromatic carbocycles. The maximum Gasteiger partial charge on any atom is 0.285 e. The second kappa shape index (κ2) is 23.8. The highest BCUT2D eigenvalue weighted by Crippen LogP contribution is 2.22. The van der Waals surface area contributed by atoms with Crippen LogP contribution >= 0.6 is 34.8 Å². The van der Waals surface area contributed by atoms with E-state index in [2.05, 4.69) is 60.4 Å². The second-order valence-electron chi connectivity index (χ2n) is 16.2. The van der Waals surface area contributed by atoms with Gasteiger partial charge in [0.2, 0.25) is 17.5 Å². The van der Waals surface area contributed by atoms with Gasteiger partial charge in [0.1, 0.15) is 27.4 Å². The summed E-state index contributed by atoms with van der Waals surface area (Å²) in [4.78, 5) is 56.1. The Hall–Kier alpha value is -9.23. The molecule has 74 heavy (non-hydrogen) atoms. The Morgan fingerprint density at radius 2 is 0.743 bits per heavy atom. The summed E-state index contributed by atoms with van der Waals surface area (Å²) in [6.07, 6.45) is 3.15. The molecule has 6 N–H and O–H groups in total. The van der Waals surface area contributed by atoms with Crippen LogP contribution in [-0.2, 0) is 0 Å². The third-order valence-corrected chi connectivity index (χ3v) is 11.5. The number of halogens is 3. The normalized spacial score (nSPS) is 10.2. The van der Waals surface area contributed by atoms with Gasteiger partial charge in [-0.15, -0.1) is 0 Å². The molecule has 0 aliphatic carbocycles. The van der Waals surface area contributed by atoms with E-state index in [1.807, 2.05) is 113 Å². The lowest BCUT2D eigenvalue weighted by Gasteiger charge is -2.08. The molecule has 14 nitrogen and oxygen atoms in total. The lowest BCUT2D eigenvalue weighted by molar-refractivity contribution is 0.0980. The van der Waals surface area contributed by atoms with Crippen LogP contribution in [0.25, 0.3) is 17.1 Å². The van der Waals surface area contributed by atoms with Crippen LogP contribution in [0.3, 0.4) is 0 Å². The summed E-state index contributed by atoms with van der Waals surface area (Å²) >= 11 is 17.6. The molecule has 5 heterocycles. The van der Waals surface area contributed by atoms with Crippen LogP contribution in [0.1, 0.15) is 93.8 Å². The Labute approximate surface area is 442 Å². The highest BCUT2D eigenvalue weighted by atomic mass is 35.5. The predicted octanol–water partition coefficient (Wildman–Crippen LogP) is 9.41. The minimum Gasteiger partial charge on any atom is -0.363 e. The molecule has 0 saturated carbocycles. The molecule has 17 heteroatoms. The van der Waals surface area contributed by atoms with Gasteiger partial charge >= 0.3 is 0 Å². The zero-order valence-corrected chi connectivity index (χ0v) is 42.7. The first-order valence-electron chi connectivity index (χ1n) is 22.4. The van der Waals surface area contributed by atoms with Crippen molar-refractivity contribution < 1.29 is 14.4 Å². The average molecular weight is 1040 g/mol. The molecule has 5 aromatic heterocycles. The molecule has 0 aliphatic heterocycles. The summed E-state index contributed by atoms with van der Waals surface area (Å²) in [5, 5.41) is 1.32. The number of nitrogens with two attached hydrogens (primary N) is 3. The third kappa shape index (κ3) is 13.0. The Morgan fingerprint density at radius 1 is 0.419 bits per heavy atom. The zero-order chi connectivity index (χ0) is 53.1. The molecule has 366 valence electrons. The van der Waals surface area contributed by atoms with E-state index >= 15 is 0 Å². The van der Waals surface area contributed by atoms with Crippen LogP contribution in [0, 0.1) is 70.1 Å². The maximum absolute atomic E-state index is 11.8. The van der Waals surface area contributed by atoms with E-state index in [9.17, 15) is 14.4 Å². The topological polar surface area (TPSA) is 209 Å². The van der Waals surface area contributed by atoms with E-state index in [0.29, 0.717) is 49.2 Å². The van der Waals surface area contributed by atoms with E-state index in [1.54, 1.807) is 74.6 Å². The number of amides is 3. The van der Waals surface area contributed by atoms with E-state index in [1.165, 1.54) is 0 Å². The minimum atomic E-state index is -0.641. The SMILES string of the molecule is Cc1c(C#Cc2ccnc(Cl)c2)nc(C(N)=O)n1-c1ccc(Cl)cc1.Cc1ccc(-n2c(C(N)=O)nc(C#Cc3ccccc3)c2C)cc1.Cc1ccc(-n2c(C(N)=O)nc(C#Cc3ccnc(Cl)c3)c2C)cc1. The highest BCUT2D eigenvalue weighted by Gasteiger charge is 2.21. The smallest absolute Gasteiger partial charge is 0.285 e.